The number of halogens is 2. The molecule has 0 atom stereocenters. The van der Waals surface area contributed by atoms with Gasteiger partial charge in [0.15, 0.2) is 0 Å². The van der Waals surface area contributed by atoms with Crippen LogP contribution >= 0.6 is 24.0 Å². The van der Waals surface area contributed by atoms with Crippen molar-refractivity contribution in [1.29, 1.82) is 0 Å². The Morgan fingerprint density at radius 2 is 1.85 bits per heavy atom. The Balaban J connectivity index is 0.00000361. The van der Waals surface area contributed by atoms with E-state index >= 15 is 0 Å². The SMILES string of the molecule is CCCCCCCNCc1ccc(OCC)c(Cl)c1.Cl. The van der Waals surface area contributed by atoms with Crippen LogP contribution in [0.3, 0.4) is 0 Å². The summed E-state index contributed by atoms with van der Waals surface area (Å²) in [7, 11) is 0. The molecule has 1 aromatic rings. The lowest BCUT2D eigenvalue weighted by molar-refractivity contribution is 0.340. The fourth-order valence-corrected chi connectivity index (χ4v) is 2.27. The summed E-state index contributed by atoms with van der Waals surface area (Å²) in [5.41, 5.74) is 1.21. The van der Waals surface area contributed by atoms with Gasteiger partial charge in [0, 0.05) is 6.54 Å². The first-order valence-corrected chi connectivity index (χ1v) is 7.77. The van der Waals surface area contributed by atoms with Crippen LogP contribution in [-0.4, -0.2) is 13.2 Å². The molecule has 0 heterocycles. The molecule has 0 fully saturated rings. The molecule has 0 spiro atoms. The third kappa shape index (κ3) is 7.98. The highest BCUT2D eigenvalue weighted by Crippen LogP contribution is 2.25. The highest BCUT2D eigenvalue weighted by Gasteiger charge is 2.02. The average Bonchev–Trinajstić information content (AvgIpc) is 2.41. The number of hydrogen-bond acceptors (Lipinski definition) is 2. The second kappa shape index (κ2) is 12.3. The summed E-state index contributed by atoms with van der Waals surface area (Å²) in [6.07, 6.45) is 6.59. The van der Waals surface area contributed by atoms with Crippen LogP contribution in [0.1, 0.15) is 51.5 Å². The number of hydrogen-bond donors (Lipinski definition) is 1. The summed E-state index contributed by atoms with van der Waals surface area (Å²) in [5.74, 6) is 0.771. The van der Waals surface area contributed by atoms with Crippen molar-refractivity contribution in [3.63, 3.8) is 0 Å². The maximum atomic E-state index is 6.15. The Kier molecular flexibility index (Phi) is 12.0. The van der Waals surface area contributed by atoms with Crippen LogP contribution in [0.4, 0.5) is 0 Å². The maximum Gasteiger partial charge on any atom is 0.137 e. The van der Waals surface area contributed by atoms with E-state index in [1.54, 1.807) is 0 Å². The molecule has 0 unspecified atom stereocenters. The number of nitrogens with one attached hydrogen (secondary N) is 1. The lowest BCUT2D eigenvalue weighted by Gasteiger charge is -2.09. The topological polar surface area (TPSA) is 21.3 Å². The molecule has 20 heavy (non-hydrogen) atoms. The Morgan fingerprint density at radius 1 is 1.10 bits per heavy atom. The van der Waals surface area contributed by atoms with Gasteiger partial charge in [-0.2, -0.15) is 0 Å². The van der Waals surface area contributed by atoms with Crippen LogP contribution in [0.2, 0.25) is 5.02 Å². The van der Waals surface area contributed by atoms with Crippen LogP contribution in [0.25, 0.3) is 0 Å². The first-order valence-electron chi connectivity index (χ1n) is 7.39. The van der Waals surface area contributed by atoms with Gasteiger partial charge in [0.2, 0.25) is 0 Å². The van der Waals surface area contributed by atoms with Crippen LogP contribution in [-0.2, 0) is 6.54 Å². The number of benzene rings is 1. The van der Waals surface area contributed by atoms with Crippen molar-refractivity contribution in [2.45, 2.75) is 52.5 Å². The summed E-state index contributed by atoms with van der Waals surface area (Å²) in [4.78, 5) is 0. The molecular formula is C16H27Cl2NO. The molecule has 1 N–H and O–H groups in total. The van der Waals surface area contributed by atoms with Gasteiger partial charge in [-0.1, -0.05) is 50.3 Å². The molecule has 0 bridgehead atoms. The van der Waals surface area contributed by atoms with Gasteiger partial charge in [0.1, 0.15) is 5.75 Å². The summed E-state index contributed by atoms with van der Waals surface area (Å²) in [6, 6.07) is 6.00. The Labute approximate surface area is 134 Å². The van der Waals surface area contributed by atoms with Crippen LogP contribution in [0.15, 0.2) is 18.2 Å². The molecule has 0 aliphatic carbocycles. The van der Waals surface area contributed by atoms with Gasteiger partial charge < -0.3 is 10.1 Å². The van der Waals surface area contributed by atoms with Crippen LogP contribution < -0.4 is 10.1 Å². The fourth-order valence-electron chi connectivity index (χ4n) is 2.01. The minimum atomic E-state index is 0. The fraction of sp³-hybridized carbons (Fsp3) is 0.625. The number of rotatable bonds is 10. The smallest absolute Gasteiger partial charge is 0.137 e. The van der Waals surface area contributed by atoms with Gasteiger partial charge in [0.05, 0.1) is 11.6 Å². The largest absolute Gasteiger partial charge is 0.492 e. The average molecular weight is 320 g/mol. The van der Waals surface area contributed by atoms with Gasteiger partial charge in [-0.05, 0) is 37.6 Å². The van der Waals surface area contributed by atoms with Gasteiger partial charge in [-0.25, -0.2) is 0 Å². The van der Waals surface area contributed by atoms with Gasteiger partial charge >= 0.3 is 0 Å². The van der Waals surface area contributed by atoms with Crippen LogP contribution in [0, 0.1) is 0 Å². The summed E-state index contributed by atoms with van der Waals surface area (Å²) in [5, 5.41) is 4.16. The summed E-state index contributed by atoms with van der Waals surface area (Å²) >= 11 is 6.15. The maximum absolute atomic E-state index is 6.15. The van der Waals surface area contributed by atoms with E-state index in [2.05, 4.69) is 18.3 Å². The molecular weight excluding hydrogens is 293 g/mol. The third-order valence-corrected chi connectivity index (χ3v) is 3.38. The highest BCUT2D eigenvalue weighted by atomic mass is 35.5. The molecule has 0 saturated carbocycles. The first kappa shape index (κ1) is 19.6. The quantitative estimate of drug-likeness (QED) is 0.597. The molecule has 0 aromatic heterocycles. The Hall–Kier alpha value is -0.440. The zero-order chi connectivity index (χ0) is 13.9. The Bertz CT molecular complexity index is 358. The van der Waals surface area contributed by atoms with Crippen molar-refractivity contribution in [3.05, 3.63) is 28.8 Å². The second-order valence-electron chi connectivity index (χ2n) is 4.79. The van der Waals surface area contributed by atoms with Gasteiger partial charge in [-0.15, -0.1) is 12.4 Å². The monoisotopic (exact) mass is 319 g/mol. The van der Waals surface area contributed by atoms with Crippen LogP contribution in [0.5, 0.6) is 5.75 Å². The molecule has 0 aliphatic heterocycles. The molecule has 0 saturated heterocycles. The molecule has 1 rings (SSSR count). The van der Waals surface area contributed by atoms with E-state index in [1.165, 1.54) is 37.7 Å². The summed E-state index contributed by atoms with van der Waals surface area (Å²) in [6.45, 7) is 6.81. The van der Waals surface area contributed by atoms with Crippen molar-refractivity contribution < 1.29 is 4.74 Å². The minimum absolute atomic E-state index is 0. The van der Waals surface area contributed by atoms with E-state index in [0.29, 0.717) is 11.6 Å². The van der Waals surface area contributed by atoms with E-state index in [1.807, 2.05) is 19.1 Å². The molecule has 1 aromatic carbocycles. The highest BCUT2D eigenvalue weighted by molar-refractivity contribution is 6.32. The third-order valence-electron chi connectivity index (χ3n) is 3.08. The first-order chi connectivity index (χ1) is 9.27. The van der Waals surface area contributed by atoms with E-state index in [9.17, 15) is 0 Å². The van der Waals surface area contributed by atoms with Gasteiger partial charge in [0.25, 0.3) is 0 Å². The van der Waals surface area contributed by atoms with Gasteiger partial charge in [-0.3, -0.25) is 0 Å². The van der Waals surface area contributed by atoms with E-state index in [-0.39, 0.29) is 12.4 Å². The molecule has 0 radical (unpaired) electrons. The number of ether oxygens (including phenoxy) is 1. The second-order valence-corrected chi connectivity index (χ2v) is 5.20. The normalized spacial score (nSPS) is 10.2. The molecule has 2 nitrogen and oxygen atoms in total. The van der Waals surface area contributed by atoms with E-state index in [4.69, 9.17) is 16.3 Å². The van der Waals surface area contributed by atoms with Crippen molar-refractivity contribution in [1.82, 2.24) is 5.32 Å². The predicted molar refractivity (Wildman–Crippen MR) is 90.3 cm³/mol. The molecule has 4 heteroatoms. The zero-order valence-electron chi connectivity index (χ0n) is 12.6. The molecule has 0 aliphatic rings. The lowest BCUT2D eigenvalue weighted by Crippen LogP contribution is -2.14. The summed E-state index contributed by atoms with van der Waals surface area (Å²) < 4.78 is 5.42. The standard InChI is InChI=1S/C16H26ClNO.ClH/c1-3-5-6-7-8-11-18-13-14-9-10-16(19-4-2)15(17)12-14;/h9-10,12,18H,3-8,11,13H2,1-2H3;1H. The molecule has 116 valence electrons. The van der Waals surface area contributed by atoms with Crippen molar-refractivity contribution in [2.24, 2.45) is 0 Å². The predicted octanol–water partition coefficient (Wildman–Crippen LogP) is 5.22. The lowest BCUT2D eigenvalue weighted by atomic mass is 10.1. The van der Waals surface area contributed by atoms with Crippen molar-refractivity contribution in [3.8, 4) is 5.75 Å². The zero-order valence-corrected chi connectivity index (χ0v) is 14.2. The van der Waals surface area contributed by atoms with E-state index in [0.717, 1.165) is 18.8 Å². The number of unbranched alkanes of at least 4 members (excludes halogenated alkanes) is 4. The Morgan fingerprint density at radius 3 is 2.50 bits per heavy atom. The van der Waals surface area contributed by atoms with Crippen molar-refractivity contribution >= 4 is 24.0 Å². The van der Waals surface area contributed by atoms with E-state index < -0.39 is 0 Å². The minimum Gasteiger partial charge on any atom is -0.492 e. The molecule has 0 amide bonds. The van der Waals surface area contributed by atoms with Crippen molar-refractivity contribution in [2.75, 3.05) is 13.2 Å².